The summed E-state index contributed by atoms with van der Waals surface area (Å²) in [6, 6.07) is 0. The zero-order valence-corrected chi connectivity index (χ0v) is 12.1. The predicted octanol–water partition coefficient (Wildman–Crippen LogP) is 3.89. The van der Waals surface area contributed by atoms with Crippen LogP contribution in [0.1, 0.15) is 52.4 Å². The van der Waals surface area contributed by atoms with Crippen LogP contribution in [0.3, 0.4) is 0 Å². The molecule has 0 heterocycles. The average molecular weight is 242 g/mol. The second-order valence-electron chi connectivity index (χ2n) is 5.74. The number of ether oxygens (including phenoxy) is 2. The molecule has 0 N–H and O–H groups in total. The molecule has 1 aliphatic carbocycles. The fourth-order valence-corrected chi connectivity index (χ4v) is 3.59. The second kappa shape index (κ2) is 7.38. The first-order valence-electron chi connectivity index (χ1n) is 7.19. The molecule has 0 amide bonds. The van der Waals surface area contributed by atoms with Gasteiger partial charge in [-0.3, -0.25) is 0 Å². The molecule has 0 aromatic heterocycles. The summed E-state index contributed by atoms with van der Waals surface area (Å²) in [5.74, 6) is 1.46. The number of methoxy groups -OCH3 is 2. The number of hydrogen-bond acceptors (Lipinski definition) is 2. The van der Waals surface area contributed by atoms with E-state index in [9.17, 15) is 0 Å². The molecule has 0 aromatic carbocycles. The summed E-state index contributed by atoms with van der Waals surface area (Å²) >= 11 is 0. The highest BCUT2D eigenvalue weighted by molar-refractivity contribution is 4.91. The lowest BCUT2D eigenvalue weighted by Gasteiger charge is -2.46. The normalized spacial score (nSPS) is 20.5. The molecular weight excluding hydrogens is 212 g/mol. The van der Waals surface area contributed by atoms with Gasteiger partial charge in [0.05, 0.1) is 13.2 Å². The lowest BCUT2D eigenvalue weighted by molar-refractivity contribution is -0.0762. The van der Waals surface area contributed by atoms with Gasteiger partial charge in [0.1, 0.15) is 0 Å². The van der Waals surface area contributed by atoms with Gasteiger partial charge in [0.15, 0.2) is 0 Å². The lowest BCUT2D eigenvalue weighted by atomic mass is 9.62. The summed E-state index contributed by atoms with van der Waals surface area (Å²) in [6.45, 7) is 6.35. The van der Waals surface area contributed by atoms with Gasteiger partial charge < -0.3 is 9.47 Å². The van der Waals surface area contributed by atoms with Gasteiger partial charge in [0.2, 0.25) is 0 Å². The minimum absolute atomic E-state index is 0.235. The highest BCUT2D eigenvalue weighted by Gasteiger charge is 2.43. The third-order valence-corrected chi connectivity index (χ3v) is 4.84. The third-order valence-electron chi connectivity index (χ3n) is 4.84. The zero-order chi connectivity index (χ0) is 12.7. The Morgan fingerprint density at radius 1 is 1.06 bits per heavy atom. The quantitative estimate of drug-likeness (QED) is 0.674. The van der Waals surface area contributed by atoms with E-state index in [-0.39, 0.29) is 5.41 Å². The topological polar surface area (TPSA) is 18.5 Å². The van der Waals surface area contributed by atoms with Crippen molar-refractivity contribution in [3.05, 3.63) is 0 Å². The van der Waals surface area contributed by atoms with Crippen molar-refractivity contribution >= 4 is 0 Å². The first-order valence-corrected chi connectivity index (χ1v) is 7.19. The van der Waals surface area contributed by atoms with Crippen molar-refractivity contribution in [2.45, 2.75) is 52.4 Å². The zero-order valence-electron chi connectivity index (χ0n) is 12.1. The van der Waals surface area contributed by atoms with Gasteiger partial charge in [-0.25, -0.2) is 0 Å². The molecule has 2 nitrogen and oxygen atoms in total. The van der Waals surface area contributed by atoms with E-state index in [1.807, 2.05) is 14.2 Å². The molecule has 1 rings (SSSR count). The van der Waals surface area contributed by atoms with E-state index in [4.69, 9.17) is 9.47 Å². The first-order chi connectivity index (χ1) is 8.21. The molecular formula is C15H30O2. The third kappa shape index (κ3) is 3.45. The molecule has 1 atom stereocenters. The van der Waals surface area contributed by atoms with Crippen LogP contribution in [0.5, 0.6) is 0 Å². The van der Waals surface area contributed by atoms with E-state index in [1.54, 1.807) is 0 Å². The highest BCUT2D eigenvalue weighted by atomic mass is 16.5. The van der Waals surface area contributed by atoms with Crippen molar-refractivity contribution in [3.63, 3.8) is 0 Å². The van der Waals surface area contributed by atoms with Crippen LogP contribution < -0.4 is 0 Å². The Hall–Kier alpha value is -0.0800. The summed E-state index contributed by atoms with van der Waals surface area (Å²) in [7, 11) is 3.66. The Morgan fingerprint density at radius 2 is 1.59 bits per heavy atom. The molecule has 0 radical (unpaired) electrons. The van der Waals surface area contributed by atoms with Crippen LogP contribution in [0.4, 0.5) is 0 Å². The van der Waals surface area contributed by atoms with E-state index in [0.717, 1.165) is 19.1 Å². The van der Waals surface area contributed by atoms with Crippen LogP contribution in [0.2, 0.25) is 0 Å². The standard InChI is InChI=1S/C15H30O2/c1-5-13(2)15(11-16-3,12-17-4)14-9-7-6-8-10-14/h13-14H,5-12H2,1-4H3. The Labute approximate surface area is 107 Å². The van der Waals surface area contributed by atoms with Crippen molar-refractivity contribution < 1.29 is 9.47 Å². The van der Waals surface area contributed by atoms with Gasteiger partial charge in [-0.05, 0) is 24.7 Å². The van der Waals surface area contributed by atoms with Crippen molar-refractivity contribution in [3.8, 4) is 0 Å². The summed E-state index contributed by atoms with van der Waals surface area (Å²) in [4.78, 5) is 0. The van der Waals surface area contributed by atoms with Crippen LogP contribution in [0, 0.1) is 17.3 Å². The Bertz CT molecular complexity index is 191. The molecule has 1 aliphatic rings. The molecule has 1 fully saturated rings. The van der Waals surface area contributed by atoms with E-state index in [1.165, 1.54) is 38.5 Å². The summed E-state index contributed by atoms with van der Waals surface area (Å²) in [5, 5.41) is 0. The van der Waals surface area contributed by atoms with Crippen LogP contribution in [-0.4, -0.2) is 27.4 Å². The Balaban J connectivity index is 2.85. The second-order valence-corrected chi connectivity index (χ2v) is 5.74. The van der Waals surface area contributed by atoms with Crippen molar-refractivity contribution in [1.29, 1.82) is 0 Å². The SMILES string of the molecule is CCC(C)C(COC)(COC)C1CCCCC1. The van der Waals surface area contributed by atoms with E-state index >= 15 is 0 Å². The molecule has 2 heteroatoms. The maximum Gasteiger partial charge on any atom is 0.0545 e. The van der Waals surface area contributed by atoms with Crippen LogP contribution in [-0.2, 0) is 9.47 Å². The minimum atomic E-state index is 0.235. The maximum absolute atomic E-state index is 5.56. The molecule has 0 aromatic rings. The lowest BCUT2D eigenvalue weighted by Crippen LogP contribution is -2.45. The average Bonchev–Trinajstić information content (AvgIpc) is 2.38. The fourth-order valence-electron chi connectivity index (χ4n) is 3.59. The Kier molecular flexibility index (Phi) is 6.50. The smallest absolute Gasteiger partial charge is 0.0545 e. The van der Waals surface area contributed by atoms with Crippen LogP contribution in [0.15, 0.2) is 0 Å². The van der Waals surface area contributed by atoms with Gasteiger partial charge >= 0.3 is 0 Å². The molecule has 0 saturated heterocycles. The minimum Gasteiger partial charge on any atom is -0.384 e. The molecule has 0 spiro atoms. The largest absolute Gasteiger partial charge is 0.384 e. The van der Waals surface area contributed by atoms with Crippen molar-refractivity contribution in [2.24, 2.45) is 17.3 Å². The van der Waals surface area contributed by atoms with E-state index in [0.29, 0.717) is 5.92 Å². The van der Waals surface area contributed by atoms with Crippen molar-refractivity contribution in [1.82, 2.24) is 0 Å². The van der Waals surface area contributed by atoms with Gasteiger partial charge in [-0.1, -0.05) is 39.5 Å². The monoisotopic (exact) mass is 242 g/mol. The number of rotatable bonds is 7. The van der Waals surface area contributed by atoms with Gasteiger partial charge in [0, 0.05) is 19.6 Å². The molecule has 1 saturated carbocycles. The van der Waals surface area contributed by atoms with Gasteiger partial charge in [-0.2, -0.15) is 0 Å². The molecule has 0 bridgehead atoms. The first kappa shape index (κ1) is 15.0. The van der Waals surface area contributed by atoms with E-state index in [2.05, 4.69) is 13.8 Å². The summed E-state index contributed by atoms with van der Waals surface area (Å²) in [5.41, 5.74) is 0.235. The summed E-state index contributed by atoms with van der Waals surface area (Å²) in [6.07, 6.45) is 8.11. The van der Waals surface area contributed by atoms with Gasteiger partial charge in [-0.15, -0.1) is 0 Å². The maximum atomic E-state index is 5.56. The van der Waals surface area contributed by atoms with Crippen LogP contribution in [0.25, 0.3) is 0 Å². The van der Waals surface area contributed by atoms with E-state index < -0.39 is 0 Å². The Morgan fingerprint density at radius 3 is 2.00 bits per heavy atom. The predicted molar refractivity (Wildman–Crippen MR) is 72.2 cm³/mol. The number of hydrogen-bond donors (Lipinski definition) is 0. The highest BCUT2D eigenvalue weighted by Crippen LogP contribution is 2.45. The van der Waals surface area contributed by atoms with Crippen molar-refractivity contribution in [2.75, 3.05) is 27.4 Å². The van der Waals surface area contributed by atoms with Crippen LogP contribution >= 0.6 is 0 Å². The van der Waals surface area contributed by atoms with Gasteiger partial charge in [0.25, 0.3) is 0 Å². The summed E-state index contributed by atoms with van der Waals surface area (Å²) < 4.78 is 11.1. The fraction of sp³-hybridized carbons (Fsp3) is 1.00. The molecule has 102 valence electrons. The molecule has 0 aliphatic heterocycles. The molecule has 1 unspecified atom stereocenters. The molecule has 17 heavy (non-hydrogen) atoms.